The van der Waals surface area contributed by atoms with Gasteiger partial charge in [-0.25, -0.2) is 0 Å². The number of hydrazone groups is 1. The van der Waals surface area contributed by atoms with Gasteiger partial charge < -0.3 is 0 Å². The molecule has 0 fully saturated rings. The lowest BCUT2D eigenvalue weighted by atomic mass is 9.87. The number of benzene rings is 1. The summed E-state index contributed by atoms with van der Waals surface area (Å²) in [6, 6.07) is 6.78. The molecule has 0 bridgehead atoms. The first-order chi connectivity index (χ1) is 7.93. The third-order valence-electron chi connectivity index (χ3n) is 3.31. The first-order valence-electron chi connectivity index (χ1n) is 5.46. The molecule has 17 heavy (non-hydrogen) atoms. The molecule has 5 heteroatoms. The van der Waals surface area contributed by atoms with Crippen LogP contribution in [0.4, 0.5) is 5.69 Å². The van der Waals surface area contributed by atoms with E-state index in [-0.39, 0.29) is 16.1 Å². The van der Waals surface area contributed by atoms with Crippen LogP contribution in [0.25, 0.3) is 0 Å². The SMILES string of the molecule is CC1=NN(C)C(C)(c2cccc([N+](=O)[O-])c2)C1. The molecule has 1 aliphatic heterocycles. The van der Waals surface area contributed by atoms with Gasteiger partial charge in [-0.2, -0.15) is 5.10 Å². The van der Waals surface area contributed by atoms with E-state index in [1.807, 2.05) is 32.0 Å². The standard InChI is InChI=1S/C12H15N3O2/c1-9-8-12(2,14(3)13-9)10-5-4-6-11(7-10)15(16)17/h4-7H,8H2,1-3H3. The second-order valence-corrected chi connectivity index (χ2v) is 4.62. The van der Waals surface area contributed by atoms with Crippen LogP contribution in [0.15, 0.2) is 29.4 Å². The molecule has 1 aliphatic rings. The van der Waals surface area contributed by atoms with Crippen LogP contribution in [-0.2, 0) is 5.54 Å². The van der Waals surface area contributed by atoms with Gasteiger partial charge in [-0.05, 0) is 19.4 Å². The summed E-state index contributed by atoms with van der Waals surface area (Å²) in [5, 5.41) is 17.0. The van der Waals surface area contributed by atoms with Crippen molar-refractivity contribution in [2.75, 3.05) is 7.05 Å². The molecule has 1 unspecified atom stereocenters. The molecule has 0 radical (unpaired) electrons. The van der Waals surface area contributed by atoms with E-state index in [9.17, 15) is 10.1 Å². The van der Waals surface area contributed by atoms with Crippen molar-refractivity contribution in [2.45, 2.75) is 25.8 Å². The van der Waals surface area contributed by atoms with Gasteiger partial charge in [0.1, 0.15) is 0 Å². The molecule has 0 aromatic heterocycles. The highest BCUT2D eigenvalue weighted by atomic mass is 16.6. The summed E-state index contributed by atoms with van der Waals surface area (Å²) < 4.78 is 0. The van der Waals surface area contributed by atoms with Gasteiger partial charge in [0.05, 0.1) is 10.5 Å². The Kier molecular flexibility index (Phi) is 2.61. The third kappa shape index (κ3) is 1.88. The predicted molar refractivity (Wildman–Crippen MR) is 65.9 cm³/mol. The predicted octanol–water partition coefficient (Wildman–Crippen LogP) is 2.52. The van der Waals surface area contributed by atoms with Gasteiger partial charge in [0, 0.05) is 31.3 Å². The van der Waals surface area contributed by atoms with Crippen molar-refractivity contribution in [1.29, 1.82) is 0 Å². The van der Waals surface area contributed by atoms with Crippen LogP contribution >= 0.6 is 0 Å². The van der Waals surface area contributed by atoms with E-state index in [4.69, 9.17) is 0 Å². The first kappa shape index (κ1) is 11.6. The summed E-state index contributed by atoms with van der Waals surface area (Å²) in [6.45, 7) is 4.02. The third-order valence-corrected chi connectivity index (χ3v) is 3.31. The first-order valence-corrected chi connectivity index (χ1v) is 5.46. The zero-order valence-corrected chi connectivity index (χ0v) is 10.2. The topological polar surface area (TPSA) is 58.7 Å². The molecule has 0 saturated carbocycles. The molecule has 0 amide bonds. The molecule has 5 nitrogen and oxygen atoms in total. The van der Waals surface area contributed by atoms with Gasteiger partial charge in [0.2, 0.25) is 0 Å². The molecular weight excluding hydrogens is 218 g/mol. The molecule has 0 aliphatic carbocycles. The van der Waals surface area contributed by atoms with E-state index in [0.717, 1.165) is 17.7 Å². The second-order valence-electron chi connectivity index (χ2n) is 4.62. The van der Waals surface area contributed by atoms with Crippen LogP contribution < -0.4 is 0 Å². The maximum atomic E-state index is 10.8. The largest absolute Gasteiger partial charge is 0.290 e. The Morgan fingerprint density at radius 3 is 2.76 bits per heavy atom. The fourth-order valence-electron chi connectivity index (χ4n) is 2.26. The van der Waals surface area contributed by atoms with Crippen LogP contribution in [0.5, 0.6) is 0 Å². The van der Waals surface area contributed by atoms with Crippen molar-refractivity contribution in [3.8, 4) is 0 Å². The highest BCUT2D eigenvalue weighted by Gasteiger charge is 2.36. The minimum absolute atomic E-state index is 0.127. The Labute approximate surface area is 99.9 Å². The van der Waals surface area contributed by atoms with Gasteiger partial charge in [-0.15, -0.1) is 0 Å². The zero-order valence-electron chi connectivity index (χ0n) is 10.2. The van der Waals surface area contributed by atoms with Crippen molar-refractivity contribution in [1.82, 2.24) is 5.01 Å². The average Bonchev–Trinajstić information content (AvgIpc) is 2.54. The minimum atomic E-state index is -0.366. The number of nitrogens with zero attached hydrogens (tertiary/aromatic N) is 3. The highest BCUT2D eigenvalue weighted by Crippen LogP contribution is 2.36. The van der Waals surface area contributed by atoms with Gasteiger partial charge in [-0.3, -0.25) is 15.1 Å². The number of nitro groups is 1. The van der Waals surface area contributed by atoms with Gasteiger partial charge in [0.15, 0.2) is 0 Å². The Morgan fingerprint density at radius 2 is 2.24 bits per heavy atom. The molecule has 1 atom stereocenters. The van der Waals surface area contributed by atoms with E-state index < -0.39 is 0 Å². The molecule has 1 aromatic rings. The molecule has 1 heterocycles. The molecule has 0 saturated heterocycles. The summed E-state index contributed by atoms with van der Waals surface area (Å²) in [6.07, 6.45) is 0.796. The summed E-state index contributed by atoms with van der Waals surface area (Å²) in [4.78, 5) is 10.4. The number of hydrogen-bond acceptors (Lipinski definition) is 4. The maximum absolute atomic E-state index is 10.8. The summed E-state index contributed by atoms with van der Waals surface area (Å²) in [5.41, 5.74) is 1.81. The second kappa shape index (κ2) is 3.84. The number of rotatable bonds is 2. The fraction of sp³-hybridized carbons (Fsp3) is 0.417. The molecule has 1 aromatic carbocycles. The van der Waals surface area contributed by atoms with Crippen molar-refractivity contribution in [3.63, 3.8) is 0 Å². The van der Waals surface area contributed by atoms with E-state index >= 15 is 0 Å². The van der Waals surface area contributed by atoms with Crippen LogP contribution in [0.2, 0.25) is 0 Å². The lowest BCUT2D eigenvalue weighted by Crippen LogP contribution is -2.34. The smallest absolute Gasteiger partial charge is 0.269 e. The molecule has 0 spiro atoms. The summed E-state index contributed by atoms with van der Waals surface area (Å²) in [7, 11) is 1.90. The van der Waals surface area contributed by atoms with Crippen LogP contribution in [-0.4, -0.2) is 22.7 Å². The van der Waals surface area contributed by atoms with Crippen LogP contribution in [0, 0.1) is 10.1 Å². The monoisotopic (exact) mass is 233 g/mol. The van der Waals surface area contributed by atoms with E-state index in [1.165, 1.54) is 6.07 Å². The number of hydrogen-bond donors (Lipinski definition) is 0. The molecular formula is C12H15N3O2. The fourth-order valence-corrected chi connectivity index (χ4v) is 2.26. The van der Waals surface area contributed by atoms with Gasteiger partial charge >= 0.3 is 0 Å². The summed E-state index contributed by atoms with van der Waals surface area (Å²) in [5.74, 6) is 0. The molecule has 0 N–H and O–H groups in total. The Morgan fingerprint density at radius 1 is 1.53 bits per heavy atom. The molecule has 2 rings (SSSR count). The van der Waals surface area contributed by atoms with Crippen molar-refractivity contribution in [3.05, 3.63) is 39.9 Å². The van der Waals surface area contributed by atoms with Gasteiger partial charge in [0.25, 0.3) is 5.69 Å². The number of nitro benzene ring substituents is 1. The van der Waals surface area contributed by atoms with E-state index in [1.54, 1.807) is 12.1 Å². The lowest BCUT2D eigenvalue weighted by Gasteiger charge is -2.31. The van der Waals surface area contributed by atoms with E-state index in [0.29, 0.717) is 0 Å². The highest BCUT2D eigenvalue weighted by molar-refractivity contribution is 5.84. The Hall–Kier alpha value is -1.91. The van der Waals surface area contributed by atoms with Crippen molar-refractivity contribution in [2.24, 2.45) is 5.10 Å². The van der Waals surface area contributed by atoms with Crippen LogP contribution in [0.3, 0.4) is 0 Å². The van der Waals surface area contributed by atoms with Crippen molar-refractivity contribution >= 4 is 11.4 Å². The average molecular weight is 233 g/mol. The normalized spacial score (nSPS) is 23.7. The molecule has 90 valence electrons. The lowest BCUT2D eigenvalue weighted by molar-refractivity contribution is -0.385. The van der Waals surface area contributed by atoms with Crippen molar-refractivity contribution < 1.29 is 4.92 Å². The Bertz CT molecular complexity index is 498. The zero-order chi connectivity index (χ0) is 12.6. The maximum Gasteiger partial charge on any atom is 0.269 e. The van der Waals surface area contributed by atoms with E-state index in [2.05, 4.69) is 5.10 Å². The summed E-state index contributed by atoms with van der Waals surface area (Å²) >= 11 is 0. The quantitative estimate of drug-likeness (QED) is 0.582. The number of non-ortho nitro benzene ring substituents is 1. The van der Waals surface area contributed by atoms with Crippen LogP contribution in [0.1, 0.15) is 25.8 Å². The van der Waals surface area contributed by atoms with Gasteiger partial charge in [-0.1, -0.05) is 12.1 Å². The minimum Gasteiger partial charge on any atom is -0.290 e. The Balaban J connectivity index is 2.41.